The van der Waals surface area contributed by atoms with E-state index in [4.69, 9.17) is 19.4 Å². The summed E-state index contributed by atoms with van der Waals surface area (Å²) in [5.74, 6) is -0.546. The number of methoxy groups -OCH3 is 1. The number of nitrogens with zero attached hydrogens (tertiary/aromatic N) is 11. The Balaban J connectivity index is 0.938. The minimum Gasteiger partial charge on any atom is -0.464 e. The van der Waals surface area contributed by atoms with Crippen molar-refractivity contribution in [1.82, 2.24) is 59.7 Å². The van der Waals surface area contributed by atoms with Crippen molar-refractivity contribution in [2.45, 2.75) is 160 Å². The smallest absolute Gasteiger partial charge is 0.406 e. The standard InChI is InChI=1S/C64H90F3N13O6S/c1-39(2)53(76-21-11-23-77(24-12-22-76)61(83)57-54(73(57)7)41-14-15-41)58(81)70-52-56(78-25-10-20-72(6)38-78)59-69-49(35-87-59)42-16-19-50-45(31-42)47(33-63(4,5)37-86-62(84)48-13-9-26-80(71-48)60(52)82)55(79(50)36-64(65,66)67)46-32-44(34-68-51(46)40(3)85-8)75-29-27-74(28-30-75)43-17-18-43/h16,19,31-32,34-35,39-41,43,48,52-54,56-57,71H,9-15,17-18,20-30,33,36-38H2,1-8H3,(H,70,81)/t40-,48-,52-,53-,54+,56-,57+,73?/m0/s1. The highest BCUT2D eigenvalue weighted by molar-refractivity contribution is 7.10. The van der Waals surface area contributed by atoms with E-state index in [-0.39, 0.29) is 43.3 Å². The Bertz CT molecular complexity index is 3170. The molecule has 0 spiro atoms. The zero-order valence-corrected chi connectivity index (χ0v) is 52.9. The van der Waals surface area contributed by atoms with Gasteiger partial charge in [0.1, 0.15) is 29.7 Å². The number of esters is 1. The number of halogens is 3. The van der Waals surface area contributed by atoms with Crippen LogP contribution in [0.4, 0.5) is 18.9 Å². The molecule has 6 aliphatic heterocycles. The van der Waals surface area contributed by atoms with Gasteiger partial charge in [-0.15, -0.1) is 11.3 Å². The van der Waals surface area contributed by atoms with E-state index in [1.54, 1.807) is 13.2 Å². The fraction of sp³-hybridized carbons (Fsp3) is 0.688. The van der Waals surface area contributed by atoms with E-state index in [2.05, 4.69) is 47.2 Å². The highest BCUT2D eigenvalue weighted by atomic mass is 32.1. The summed E-state index contributed by atoms with van der Waals surface area (Å²) in [7, 11) is 5.67. The second-order valence-electron chi connectivity index (χ2n) is 27.4. The maximum atomic E-state index is 15.8. The number of amides is 3. The number of pyridine rings is 1. The lowest BCUT2D eigenvalue weighted by Gasteiger charge is -2.43. The summed E-state index contributed by atoms with van der Waals surface area (Å²) in [6.45, 7) is 16.4. The van der Waals surface area contributed by atoms with Crippen molar-refractivity contribution in [1.29, 1.82) is 0 Å². The molecular formula is C64H90F3N13O6S. The number of anilines is 1. The van der Waals surface area contributed by atoms with Gasteiger partial charge in [0, 0.05) is 124 Å². The van der Waals surface area contributed by atoms with Crippen LogP contribution in [0.5, 0.6) is 0 Å². The van der Waals surface area contributed by atoms with Gasteiger partial charge < -0.3 is 29.2 Å². The van der Waals surface area contributed by atoms with Crippen LogP contribution in [-0.2, 0) is 41.6 Å². The molecule has 2 N–H and O–H groups in total. The second-order valence-corrected chi connectivity index (χ2v) is 28.3. The molecule has 12 rings (SSSR count). The van der Waals surface area contributed by atoms with Crippen LogP contribution in [0, 0.1) is 17.3 Å². The third-order valence-corrected chi connectivity index (χ3v) is 20.7. The molecule has 2 saturated carbocycles. The molecule has 474 valence electrons. The number of hydrazine groups is 1. The van der Waals surface area contributed by atoms with Crippen LogP contribution >= 0.6 is 11.3 Å². The molecule has 4 aromatic rings. The first-order chi connectivity index (χ1) is 41.6. The predicted molar refractivity (Wildman–Crippen MR) is 328 cm³/mol. The average molecular weight is 1230 g/mol. The first-order valence-electron chi connectivity index (χ1n) is 32.1. The van der Waals surface area contributed by atoms with Crippen molar-refractivity contribution < 1.29 is 41.8 Å². The number of carbonyl (C=O) groups is 4. The maximum Gasteiger partial charge on any atom is 0.406 e. The van der Waals surface area contributed by atoms with Gasteiger partial charge in [-0.2, -0.15) is 13.2 Å². The number of carbonyl (C=O) groups excluding carboxylic acids is 4. The van der Waals surface area contributed by atoms with Crippen LogP contribution in [0.25, 0.3) is 33.4 Å². The average Bonchev–Trinajstić information content (AvgIpc) is 1.65. The number of benzene rings is 1. The summed E-state index contributed by atoms with van der Waals surface area (Å²) in [5, 5.41) is 8.00. The van der Waals surface area contributed by atoms with Gasteiger partial charge in [-0.1, -0.05) is 33.8 Å². The molecule has 6 bridgehead atoms. The molecule has 8 aliphatic rings. The lowest BCUT2D eigenvalue weighted by atomic mass is 9.84. The number of rotatable bonds is 13. The number of likely N-dealkylation sites (N-methyl/N-ethyl adjacent to an activating group) is 1. The Labute approximate surface area is 514 Å². The Morgan fingerprint density at radius 1 is 0.897 bits per heavy atom. The Hall–Kier alpha value is -5.27. The number of hydrogen-bond donors (Lipinski definition) is 2. The number of alkyl halides is 3. The molecule has 2 aliphatic carbocycles. The Morgan fingerprint density at radius 2 is 1.63 bits per heavy atom. The van der Waals surface area contributed by atoms with E-state index in [1.807, 2.05) is 76.3 Å². The predicted octanol–water partition coefficient (Wildman–Crippen LogP) is 7.16. The summed E-state index contributed by atoms with van der Waals surface area (Å²) in [5.41, 5.74) is 6.98. The Morgan fingerprint density at radius 3 is 2.31 bits per heavy atom. The van der Waals surface area contributed by atoms with Crippen molar-refractivity contribution in [2.24, 2.45) is 17.3 Å². The van der Waals surface area contributed by atoms with Crippen LogP contribution in [0.1, 0.15) is 121 Å². The molecule has 1 unspecified atom stereocenters. The van der Waals surface area contributed by atoms with Crippen molar-refractivity contribution in [2.75, 3.05) is 111 Å². The fourth-order valence-electron chi connectivity index (χ4n) is 14.9. The van der Waals surface area contributed by atoms with E-state index in [1.165, 1.54) is 46.6 Å². The minimum atomic E-state index is -4.62. The Kier molecular flexibility index (Phi) is 17.9. The number of cyclic esters (lactones) is 1. The lowest BCUT2D eigenvalue weighted by Crippen LogP contribution is -2.65. The number of aromatic nitrogens is 3. The summed E-state index contributed by atoms with van der Waals surface area (Å²) in [6.07, 6.45) is 4.71. The summed E-state index contributed by atoms with van der Waals surface area (Å²) >= 11 is 1.39. The van der Waals surface area contributed by atoms with Crippen LogP contribution in [0.2, 0.25) is 0 Å². The molecule has 8 atom stereocenters. The molecule has 19 nitrogen and oxygen atoms in total. The third-order valence-electron chi connectivity index (χ3n) is 19.7. The van der Waals surface area contributed by atoms with Gasteiger partial charge in [0.2, 0.25) is 11.8 Å². The van der Waals surface area contributed by atoms with E-state index in [9.17, 15) is 9.59 Å². The SMILES string of the molecule is CO[C@@H](C)c1ncc(N2CCN(C3CC3)CC2)cc1-c1c2c3cc(ccc3n1CC(F)(F)F)-c1csc(n1)[C@@H](N1CCCN(C)C1)[C@H](NC(=O)[C@H](C(C)C)N1CCCN(C(=O)[C@H]3[C@@H](C4CC4)N3C)CCC1)C(=O)N1CCC[C@H](N1)C(=O)OCC(C)(C)C2. The topological polar surface area (TPSA) is 167 Å². The zero-order chi connectivity index (χ0) is 61.2. The van der Waals surface area contributed by atoms with Crippen LogP contribution in [0.15, 0.2) is 35.8 Å². The first kappa shape index (κ1) is 61.9. The second kappa shape index (κ2) is 25.2. The van der Waals surface area contributed by atoms with Crippen LogP contribution in [-0.4, -0.2) is 222 Å². The summed E-state index contributed by atoms with van der Waals surface area (Å²) < 4.78 is 59.7. The van der Waals surface area contributed by atoms with E-state index in [0.29, 0.717) is 133 Å². The van der Waals surface area contributed by atoms with Crippen molar-refractivity contribution in [3.8, 4) is 22.5 Å². The molecule has 0 radical (unpaired) electrons. The van der Waals surface area contributed by atoms with Crippen LogP contribution < -0.4 is 15.6 Å². The molecule has 9 heterocycles. The number of fused-ring (bicyclic) bond motifs is 6. The van der Waals surface area contributed by atoms with Crippen molar-refractivity contribution in [3.05, 3.63) is 52.1 Å². The highest BCUT2D eigenvalue weighted by Crippen LogP contribution is 2.47. The minimum absolute atomic E-state index is 0.0372. The zero-order valence-electron chi connectivity index (χ0n) is 52.1. The molecule has 7 fully saturated rings. The molecular weight excluding hydrogens is 1140 g/mol. The number of hydrogen-bond acceptors (Lipinski definition) is 16. The van der Waals surface area contributed by atoms with E-state index < -0.39 is 60.3 Å². The van der Waals surface area contributed by atoms with Gasteiger partial charge >= 0.3 is 12.1 Å². The molecule has 5 saturated heterocycles. The lowest BCUT2D eigenvalue weighted by molar-refractivity contribution is -0.156. The summed E-state index contributed by atoms with van der Waals surface area (Å²) in [4.78, 5) is 85.7. The van der Waals surface area contributed by atoms with Gasteiger partial charge in [-0.05, 0) is 121 Å². The number of piperazine rings is 1. The number of nitrogens with one attached hydrogen (secondary N) is 2. The number of ether oxygens (including phenoxy) is 2. The first-order valence-corrected chi connectivity index (χ1v) is 32.9. The third kappa shape index (κ3) is 13.3. The van der Waals surface area contributed by atoms with Gasteiger partial charge in [-0.3, -0.25) is 53.7 Å². The quantitative estimate of drug-likeness (QED) is 0.102. The molecule has 23 heteroatoms. The summed E-state index contributed by atoms with van der Waals surface area (Å²) in [6, 6.07) is 5.00. The van der Waals surface area contributed by atoms with Gasteiger partial charge in [0.15, 0.2) is 0 Å². The van der Waals surface area contributed by atoms with E-state index >= 15 is 22.8 Å². The molecule has 87 heavy (non-hydrogen) atoms. The van der Waals surface area contributed by atoms with Gasteiger partial charge in [-0.25, -0.2) is 10.4 Å². The maximum absolute atomic E-state index is 15.8. The van der Waals surface area contributed by atoms with Crippen molar-refractivity contribution >= 4 is 51.6 Å². The van der Waals surface area contributed by atoms with Crippen molar-refractivity contribution in [3.63, 3.8) is 0 Å². The van der Waals surface area contributed by atoms with Gasteiger partial charge in [0.05, 0.1) is 60.4 Å². The van der Waals surface area contributed by atoms with Crippen LogP contribution in [0.3, 0.4) is 0 Å². The largest absolute Gasteiger partial charge is 0.464 e. The normalized spacial score (nSPS) is 27.6. The highest BCUT2D eigenvalue weighted by Gasteiger charge is 2.57. The monoisotopic (exact) mass is 1230 g/mol. The van der Waals surface area contributed by atoms with E-state index in [0.717, 1.165) is 44.8 Å². The molecule has 3 aromatic heterocycles. The van der Waals surface area contributed by atoms with Gasteiger partial charge in [0.25, 0.3) is 5.91 Å². The molecule has 3 amide bonds. The number of thiazole rings is 1. The molecule has 1 aromatic carbocycles. The fourth-order valence-corrected chi connectivity index (χ4v) is 15.9.